The number of nitrogens with zero attached hydrogens (tertiary/aromatic N) is 1. The van der Waals surface area contributed by atoms with Crippen molar-refractivity contribution < 1.29 is 9.18 Å². The molecule has 1 aliphatic carbocycles. The van der Waals surface area contributed by atoms with Gasteiger partial charge in [0, 0.05) is 5.70 Å². The third-order valence-electron chi connectivity index (χ3n) is 3.16. The van der Waals surface area contributed by atoms with Gasteiger partial charge < -0.3 is 4.90 Å². The van der Waals surface area contributed by atoms with Crippen molar-refractivity contribution in [3.8, 4) is 12.3 Å². The number of rotatable bonds is 3. The summed E-state index contributed by atoms with van der Waals surface area (Å²) in [6.07, 6.45) is 9.12. The van der Waals surface area contributed by atoms with E-state index in [0.717, 1.165) is 18.5 Å². The van der Waals surface area contributed by atoms with Crippen LogP contribution in [0.15, 0.2) is 11.8 Å². The Hall–Kier alpha value is -1.30. The van der Waals surface area contributed by atoms with Crippen LogP contribution in [-0.2, 0) is 4.79 Å². The molecule has 0 spiro atoms. The highest BCUT2D eigenvalue weighted by molar-refractivity contribution is 5.79. The molecule has 0 saturated heterocycles. The lowest BCUT2D eigenvalue weighted by Gasteiger charge is -2.41. The molecule has 0 aliphatic heterocycles. The van der Waals surface area contributed by atoms with E-state index < -0.39 is 12.6 Å². The van der Waals surface area contributed by atoms with E-state index in [1.807, 2.05) is 0 Å². The second kappa shape index (κ2) is 5.14. The van der Waals surface area contributed by atoms with Crippen LogP contribution in [0.2, 0.25) is 0 Å². The second-order valence-corrected chi connectivity index (χ2v) is 6.46. The first-order valence-corrected chi connectivity index (χ1v) is 6.22. The molecule has 1 amide bonds. The maximum Gasteiger partial charge on any atom is 0.258 e. The topological polar surface area (TPSA) is 20.3 Å². The lowest BCUT2D eigenvalue weighted by Crippen LogP contribution is -2.38. The van der Waals surface area contributed by atoms with E-state index in [2.05, 4.69) is 39.7 Å². The predicted octanol–water partition coefficient (Wildman–Crippen LogP) is 3.15. The van der Waals surface area contributed by atoms with Crippen LogP contribution in [0.3, 0.4) is 0 Å². The molecular weight excluding hydrogens is 229 g/mol. The highest BCUT2D eigenvalue weighted by Crippen LogP contribution is 2.45. The number of terminal acetylenes is 1. The summed E-state index contributed by atoms with van der Waals surface area (Å²) in [4.78, 5) is 13.0. The van der Waals surface area contributed by atoms with Gasteiger partial charge >= 0.3 is 0 Å². The normalized spacial score (nSPS) is 20.8. The van der Waals surface area contributed by atoms with Crippen molar-refractivity contribution in [1.29, 1.82) is 0 Å². The Morgan fingerprint density at radius 2 is 2.11 bits per heavy atom. The molecule has 2 nitrogen and oxygen atoms in total. The third kappa shape index (κ3) is 3.60. The Balaban J connectivity index is 3.08. The maximum atomic E-state index is 12.6. The van der Waals surface area contributed by atoms with E-state index in [9.17, 15) is 9.18 Å². The molecule has 0 atom stereocenters. The van der Waals surface area contributed by atoms with Crippen molar-refractivity contribution in [3.63, 3.8) is 0 Å². The Morgan fingerprint density at radius 1 is 1.50 bits per heavy atom. The summed E-state index contributed by atoms with van der Waals surface area (Å²) in [7, 11) is 0. The first-order valence-electron chi connectivity index (χ1n) is 6.22. The molecule has 0 fully saturated rings. The summed E-state index contributed by atoms with van der Waals surface area (Å²) >= 11 is 0. The van der Waals surface area contributed by atoms with Gasteiger partial charge in [-0.05, 0) is 23.7 Å². The Morgan fingerprint density at radius 3 is 2.56 bits per heavy atom. The molecule has 0 N–H and O–H groups in total. The van der Waals surface area contributed by atoms with Crippen molar-refractivity contribution in [2.24, 2.45) is 10.8 Å². The quantitative estimate of drug-likeness (QED) is 0.706. The van der Waals surface area contributed by atoms with E-state index in [1.54, 1.807) is 0 Å². The zero-order valence-corrected chi connectivity index (χ0v) is 11.7. The zero-order chi connectivity index (χ0) is 14.0. The molecule has 0 bridgehead atoms. The Kier molecular flexibility index (Phi) is 4.21. The smallest absolute Gasteiger partial charge is 0.258 e. The van der Waals surface area contributed by atoms with Gasteiger partial charge in [0.1, 0.15) is 0 Å². The van der Waals surface area contributed by atoms with Gasteiger partial charge in [-0.1, -0.05) is 39.7 Å². The van der Waals surface area contributed by atoms with Gasteiger partial charge in [-0.3, -0.25) is 4.79 Å². The lowest BCUT2D eigenvalue weighted by atomic mass is 9.68. The predicted molar refractivity (Wildman–Crippen MR) is 71.4 cm³/mol. The first-order chi connectivity index (χ1) is 8.21. The molecule has 0 radical (unpaired) electrons. The highest BCUT2D eigenvalue weighted by Gasteiger charge is 2.35. The molecule has 100 valence electrons. The molecule has 0 aromatic heterocycles. The van der Waals surface area contributed by atoms with Crippen molar-refractivity contribution in [3.05, 3.63) is 11.8 Å². The molecule has 0 saturated carbocycles. The number of hydrogen-bond acceptors (Lipinski definition) is 1. The van der Waals surface area contributed by atoms with Gasteiger partial charge in [0.2, 0.25) is 0 Å². The zero-order valence-electron chi connectivity index (χ0n) is 11.7. The number of halogens is 1. The molecule has 3 heteroatoms. The summed E-state index contributed by atoms with van der Waals surface area (Å²) in [6, 6.07) is 0. The Labute approximate surface area is 109 Å². The maximum absolute atomic E-state index is 12.6. The van der Waals surface area contributed by atoms with Crippen LogP contribution in [0.1, 0.15) is 40.5 Å². The first kappa shape index (κ1) is 14.8. The molecule has 1 aliphatic rings. The van der Waals surface area contributed by atoms with E-state index >= 15 is 0 Å². The summed E-state index contributed by atoms with van der Waals surface area (Å²) in [5.41, 5.74) is 0.953. The third-order valence-corrected chi connectivity index (χ3v) is 3.16. The van der Waals surface area contributed by atoms with Crippen LogP contribution in [0.4, 0.5) is 4.39 Å². The van der Waals surface area contributed by atoms with Crippen molar-refractivity contribution in [2.75, 3.05) is 13.2 Å². The summed E-state index contributed by atoms with van der Waals surface area (Å²) in [6.45, 7) is 7.72. The van der Waals surface area contributed by atoms with Crippen LogP contribution in [0.25, 0.3) is 0 Å². The highest BCUT2D eigenvalue weighted by atomic mass is 19.1. The average molecular weight is 251 g/mol. The van der Waals surface area contributed by atoms with Crippen LogP contribution in [0, 0.1) is 23.2 Å². The van der Waals surface area contributed by atoms with E-state index in [-0.39, 0.29) is 17.4 Å². The minimum atomic E-state index is -1.00. The van der Waals surface area contributed by atoms with Crippen LogP contribution in [0.5, 0.6) is 0 Å². The SMILES string of the molecule is C#CCN(C(=O)CF)C1=CC(C)(C)CC(C)(C)C1. The minimum Gasteiger partial charge on any atom is -0.303 e. The van der Waals surface area contributed by atoms with Gasteiger partial charge in [0.15, 0.2) is 6.67 Å². The van der Waals surface area contributed by atoms with Gasteiger partial charge in [0.25, 0.3) is 5.91 Å². The van der Waals surface area contributed by atoms with Gasteiger partial charge in [-0.2, -0.15) is 0 Å². The molecule has 0 unspecified atom stereocenters. The van der Waals surface area contributed by atoms with E-state index in [0.29, 0.717) is 0 Å². The molecule has 0 heterocycles. The van der Waals surface area contributed by atoms with Crippen LogP contribution in [-0.4, -0.2) is 24.0 Å². The second-order valence-electron chi connectivity index (χ2n) is 6.46. The van der Waals surface area contributed by atoms with Crippen molar-refractivity contribution >= 4 is 5.91 Å². The number of allylic oxidation sites excluding steroid dienone is 2. The molecule has 1 rings (SSSR count). The monoisotopic (exact) mass is 251 g/mol. The average Bonchev–Trinajstić information content (AvgIpc) is 2.20. The summed E-state index contributed by atoms with van der Waals surface area (Å²) < 4.78 is 12.6. The minimum absolute atomic E-state index is 0.000521. The molecule has 18 heavy (non-hydrogen) atoms. The number of hydrogen-bond donors (Lipinski definition) is 0. The van der Waals surface area contributed by atoms with Crippen LogP contribution < -0.4 is 0 Å². The van der Waals surface area contributed by atoms with E-state index in [1.165, 1.54) is 4.90 Å². The number of alkyl halides is 1. The largest absolute Gasteiger partial charge is 0.303 e. The fraction of sp³-hybridized carbons (Fsp3) is 0.667. The molecule has 0 aromatic rings. The Bertz CT molecular complexity index is 401. The number of amides is 1. The molecule has 0 aromatic carbocycles. The summed E-state index contributed by atoms with van der Waals surface area (Å²) in [5.74, 6) is 1.88. The standard InChI is InChI=1S/C15H22FNO/c1-6-7-17(13(18)10-16)12-8-14(2,3)11-15(4,5)9-12/h1,8H,7,9-11H2,2-5H3. The van der Waals surface area contributed by atoms with Crippen molar-refractivity contribution in [2.45, 2.75) is 40.5 Å². The fourth-order valence-corrected chi connectivity index (χ4v) is 3.03. The van der Waals surface area contributed by atoms with Gasteiger partial charge in [0.05, 0.1) is 6.54 Å². The molecular formula is C15H22FNO. The number of carbonyl (C=O) groups excluding carboxylic acids is 1. The van der Waals surface area contributed by atoms with Crippen LogP contribution >= 0.6 is 0 Å². The summed E-state index contributed by atoms with van der Waals surface area (Å²) in [5, 5.41) is 0. The van der Waals surface area contributed by atoms with Gasteiger partial charge in [-0.15, -0.1) is 6.42 Å². The van der Waals surface area contributed by atoms with Gasteiger partial charge in [-0.25, -0.2) is 4.39 Å². The lowest BCUT2D eigenvalue weighted by molar-refractivity contribution is -0.130. The number of carbonyl (C=O) groups is 1. The van der Waals surface area contributed by atoms with E-state index in [4.69, 9.17) is 6.42 Å². The van der Waals surface area contributed by atoms with Crippen molar-refractivity contribution in [1.82, 2.24) is 4.90 Å². The fourth-order valence-electron chi connectivity index (χ4n) is 3.03.